The van der Waals surface area contributed by atoms with Crippen molar-refractivity contribution in [2.75, 3.05) is 46.4 Å². The summed E-state index contributed by atoms with van der Waals surface area (Å²) in [5.41, 5.74) is 1.37. The highest BCUT2D eigenvalue weighted by molar-refractivity contribution is 5.80. The van der Waals surface area contributed by atoms with Crippen LogP contribution in [0.3, 0.4) is 0 Å². The number of hydrogen-bond donors (Lipinski definition) is 1. The number of carbonyl (C=O) groups is 1. The first kappa shape index (κ1) is 18.5. The van der Waals surface area contributed by atoms with Crippen LogP contribution in [0, 0.1) is 0 Å². The van der Waals surface area contributed by atoms with E-state index < -0.39 is 0 Å². The molecule has 1 aromatic rings. The summed E-state index contributed by atoms with van der Waals surface area (Å²) in [7, 11) is 1.73. The summed E-state index contributed by atoms with van der Waals surface area (Å²) in [6, 6.07) is 8.29. The van der Waals surface area contributed by atoms with E-state index in [1.54, 1.807) is 14.0 Å². The Morgan fingerprint density at radius 1 is 1.19 bits per heavy atom. The zero-order valence-corrected chi connectivity index (χ0v) is 16.1. The number of hydrogen-bond acceptors (Lipinski definition) is 3. The van der Waals surface area contributed by atoms with Crippen LogP contribution in [0.1, 0.15) is 32.3 Å². The van der Waals surface area contributed by atoms with E-state index in [-0.39, 0.29) is 11.3 Å². The number of para-hydroxylation sites is 1. The molecule has 0 unspecified atom stereocenters. The molecule has 0 bridgehead atoms. The van der Waals surface area contributed by atoms with Crippen molar-refractivity contribution < 1.29 is 9.53 Å². The molecule has 1 aliphatic carbocycles. The van der Waals surface area contributed by atoms with Crippen molar-refractivity contribution in [1.82, 2.24) is 15.1 Å². The first-order chi connectivity index (χ1) is 12.6. The minimum Gasteiger partial charge on any atom is -0.496 e. The highest BCUT2D eigenvalue weighted by Gasteiger charge is 2.46. The molecule has 0 atom stereocenters. The zero-order valence-electron chi connectivity index (χ0n) is 16.1. The Morgan fingerprint density at radius 3 is 2.42 bits per heavy atom. The van der Waals surface area contributed by atoms with Gasteiger partial charge in [0.1, 0.15) is 5.75 Å². The van der Waals surface area contributed by atoms with Crippen LogP contribution < -0.4 is 10.1 Å². The second-order valence-electron chi connectivity index (χ2n) is 7.14. The van der Waals surface area contributed by atoms with Crippen LogP contribution in [-0.4, -0.2) is 68.0 Å². The molecule has 1 heterocycles. The number of nitrogens with zero attached hydrogens (tertiary/aromatic N) is 3. The van der Waals surface area contributed by atoms with Crippen LogP contribution in [0.15, 0.2) is 29.3 Å². The maximum absolute atomic E-state index is 11.5. The van der Waals surface area contributed by atoms with Crippen LogP contribution >= 0.6 is 0 Å². The minimum absolute atomic E-state index is 0.106. The first-order valence-corrected chi connectivity index (χ1v) is 9.52. The third-order valence-electron chi connectivity index (χ3n) is 5.42. The maximum Gasteiger partial charge on any atom is 0.219 e. The van der Waals surface area contributed by atoms with Gasteiger partial charge in [-0.05, 0) is 25.8 Å². The van der Waals surface area contributed by atoms with Crippen LogP contribution in [0.4, 0.5) is 0 Å². The number of amides is 1. The van der Waals surface area contributed by atoms with E-state index in [0.29, 0.717) is 0 Å². The smallest absolute Gasteiger partial charge is 0.219 e. The molecule has 142 valence electrons. The number of aliphatic imine (C=N–C) groups is 1. The summed E-state index contributed by atoms with van der Waals surface area (Å²) in [6.45, 7) is 8.51. The number of rotatable bonds is 5. The van der Waals surface area contributed by atoms with E-state index in [0.717, 1.165) is 63.8 Å². The number of nitrogens with one attached hydrogen (secondary N) is 1. The van der Waals surface area contributed by atoms with Gasteiger partial charge in [-0.2, -0.15) is 0 Å². The Labute approximate surface area is 156 Å². The quantitative estimate of drug-likeness (QED) is 0.645. The number of methoxy groups -OCH3 is 1. The van der Waals surface area contributed by atoms with E-state index in [4.69, 9.17) is 9.73 Å². The lowest BCUT2D eigenvalue weighted by Crippen LogP contribution is -2.53. The number of benzene rings is 1. The van der Waals surface area contributed by atoms with Crippen molar-refractivity contribution >= 4 is 11.9 Å². The summed E-state index contributed by atoms with van der Waals surface area (Å²) in [5.74, 6) is 2.07. The van der Waals surface area contributed by atoms with Crippen molar-refractivity contribution in [3.63, 3.8) is 0 Å². The molecule has 0 aromatic heterocycles. The Hall–Kier alpha value is -2.24. The van der Waals surface area contributed by atoms with E-state index in [1.165, 1.54) is 5.56 Å². The predicted molar refractivity (Wildman–Crippen MR) is 104 cm³/mol. The Kier molecular flexibility index (Phi) is 5.69. The lowest BCUT2D eigenvalue weighted by molar-refractivity contribution is -0.130. The second-order valence-corrected chi connectivity index (χ2v) is 7.14. The van der Waals surface area contributed by atoms with Gasteiger partial charge in [0.25, 0.3) is 0 Å². The summed E-state index contributed by atoms with van der Waals surface area (Å²) >= 11 is 0. The number of guanidine groups is 1. The van der Waals surface area contributed by atoms with Gasteiger partial charge in [-0.1, -0.05) is 18.2 Å². The summed E-state index contributed by atoms with van der Waals surface area (Å²) in [4.78, 5) is 20.7. The number of ether oxygens (including phenoxy) is 1. The highest BCUT2D eigenvalue weighted by atomic mass is 16.5. The van der Waals surface area contributed by atoms with Crippen LogP contribution in [0.2, 0.25) is 0 Å². The van der Waals surface area contributed by atoms with Gasteiger partial charge in [0.2, 0.25) is 5.91 Å². The lowest BCUT2D eigenvalue weighted by Gasteiger charge is -2.36. The van der Waals surface area contributed by atoms with E-state index in [1.807, 2.05) is 17.0 Å². The molecule has 2 aliphatic rings. The highest BCUT2D eigenvalue weighted by Crippen LogP contribution is 2.51. The van der Waals surface area contributed by atoms with Gasteiger partial charge >= 0.3 is 0 Å². The van der Waals surface area contributed by atoms with Gasteiger partial charge in [-0.3, -0.25) is 9.79 Å². The normalized spacial score (nSPS) is 19.3. The molecule has 1 saturated carbocycles. The molecule has 0 spiro atoms. The monoisotopic (exact) mass is 358 g/mol. The molecule has 1 aliphatic heterocycles. The van der Waals surface area contributed by atoms with Gasteiger partial charge in [0.05, 0.1) is 13.7 Å². The lowest BCUT2D eigenvalue weighted by atomic mass is 9.95. The van der Waals surface area contributed by atoms with Crippen molar-refractivity contribution in [2.45, 2.75) is 32.1 Å². The summed E-state index contributed by atoms with van der Waals surface area (Å²) in [5, 5.41) is 3.42. The van der Waals surface area contributed by atoms with Crippen LogP contribution in [-0.2, 0) is 10.2 Å². The molecular weight excluding hydrogens is 328 g/mol. The fraction of sp³-hybridized carbons (Fsp3) is 0.600. The molecule has 1 N–H and O–H groups in total. The summed E-state index contributed by atoms with van der Waals surface area (Å²) < 4.78 is 5.56. The summed E-state index contributed by atoms with van der Waals surface area (Å²) in [6.07, 6.45) is 2.29. The molecule has 6 heteroatoms. The molecule has 1 amide bonds. The Morgan fingerprint density at radius 2 is 1.85 bits per heavy atom. The topological polar surface area (TPSA) is 57.2 Å². The van der Waals surface area contributed by atoms with Crippen LogP contribution in [0.25, 0.3) is 0 Å². The van der Waals surface area contributed by atoms with Crippen LogP contribution in [0.5, 0.6) is 5.75 Å². The van der Waals surface area contributed by atoms with E-state index in [2.05, 4.69) is 29.3 Å². The molecule has 3 rings (SSSR count). The average Bonchev–Trinajstić information content (AvgIpc) is 3.46. The maximum atomic E-state index is 11.5. The number of carbonyl (C=O) groups excluding carboxylic acids is 1. The molecule has 1 saturated heterocycles. The minimum atomic E-state index is 0.106. The van der Waals surface area contributed by atoms with Crippen molar-refractivity contribution in [3.05, 3.63) is 29.8 Å². The second kappa shape index (κ2) is 7.98. The van der Waals surface area contributed by atoms with E-state index in [9.17, 15) is 4.79 Å². The number of piperazine rings is 1. The Balaban J connectivity index is 1.71. The van der Waals surface area contributed by atoms with Gasteiger partial charge in [-0.25, -0.2) is 0 Å². The molecule has 26 heavy (non-hydrogen) atoms. The van der Waals surface area contributed by atoms with E-state index >= 15 is 0 Å². The fourth-order valence-corrected chi connectivity index (χ4v) is 3.63. The molecule has 1 aromatic carbocycles. The van der Waals surface area contributed by atoms with Crippen molar-refractivity contribution in [3.8, 4) is 5.75 Å². The molecule has 6 nitrogen and oxygen atoms in total. The molecule has 2 fully saturated rings. The van der Waals surface area contributed by atoms with Gasteiger partial charge in [0, 0.05) is 50.6 Å². The molecular formula is C20H30N4O2. The SMILES string of the molecule is CCNC(=NCC1(c2ccccc2OC)CC1)N1CCN(C(C)=O)CC1. The first-order valence-electron chi connectivity index (χ1n) is 9.52. The molecule has 0 radical (unpaired) electrons. The fourth-order valence-electron chi connectivity index (χ4n) is 3.63. The van der Waals surface area contributed by atoms with Crippen molar-refractivity contribution in [1.29, 1.82) is 0 Å². The van der Waals surface area contributed by atoms with Crippen molar-refractivity contribution in [2.24, 2.45) is 4.99 Å². The average molecular weight is 358 g/mol. The van der Waals surface area contributed by atoms with Gasteiger partial charge in [-0.15, -0.1) is 0 Å². The predicted octanol–water partition coefficient (Wildman–Crippen LogP) is 1.86. The third kappa shape index (κ3) is 3.94. The Bertz CT molecular complexity index is 662. The largest absolute Gasteiger partial charge is 0.496 e. The zero-order chi connectivity index (χ0) is 18.6. The standard InChI is InChI=1S/C20H30N4O2/c1-4-21-19(24-13-11-23(12-14-24)16(2)25)22-15-20(9-10-20)17-7-5-6-8-18(17)26-3/h5-8H,4,9-15H2,1-3H3,(H,21,22). The third-order valence-corrected chi connectivity index (χ3v) is 5.42. The van der Waals surface area contributed by atoms with Gasteiger partial charge < -0.3 is 19.9 Å². The van der Waals surface area contributed by atoms with Gasteiger partial charge in [0.15, 0.2) is 5.96 Å².